The Kier molecular flexibility index (Phi) is 5.90. The number of unbranched alkanes of at least 4 members (excludes halogenated alkanes) is 1. The van der Waals surface area contributed by atoms with Gasteiger partial charge in [-0.05, 0) is 73.0 Å². The predicted molar refractivity (Wildman–Crippen MR) is 93.9 cm³/mol. The van der Waals surface area contributed by atoms with Gasteiger partial charge in [0.05, 0.1) is 0 Å². The van der Waals surface area contributed by atoms with Crippen molar-refractivity contribution < 1.29 is 0 Å². The van der Waals surface area contributed by atoms with Gasteiger partial charge in [0.1, 0.15) is 0 Å². The van der Waals surface area contributed by atoms with Crippen LogP contribution in [0.2, 0.25) is 0 Å². The summed E-state index contributed by atoms with van der Waals surface area (Å²) in [5.74, 6) is 0.879. The van der Waals surface area contributed by atoms with Gasteiger partial charge in [-0.1, -0.05) is 58.7 Å². The molecule has 0 radical (unpaired) electrons. The van der Waals surface area contributed by atoms with Crippen LogP contribution >= 0.6 is 0 Å². The average Bonchev–Trinajstić information content (AvgIpc) is 2.43. The average molecular weight is 287 g/mol. The largest absolute Gasteiger partial charge is 0.0654 e. The summed E-state index contributed by atoms with van der Waals surface area (Å²) in [5, 5.41) is 0. The van der Waals surface area contributed by atoms with Crippen LogP contribution in [0, 0.1) is 11.3 Å². The number of hydrogen-bond acceptors (Lipinski definition) is 0. The standard InChI is InChI=1S/C21H34/c1-5-13-21(3,4)14-7-6-8-18-10-12-19-15-17(2)9-11-20(19)16-18/h10,12,16-17H,5-9,11,13-15H2,1-4H3. The van der Waals surface area contributed by atoms with Crippen molar-refractivity contribution >= 4 is 0 Å². The molecule has 21 heavy (non-hydrogen) atoms. The number of aryl methyl sites for hydroxylation is 2. The molecule has 0 nitrogen and oxygen atoms in total. The molecule has 1 aliphatic carbocycles. The van der Waals surface area contributed by atoms with Crippen LogP contribution in [-0.4, -0.2) is 0 Å². The molecule has 0 saturated carbocycles. The summed E-state index contributed by atoms with van der Waals surface area (Å²) < 4.78 is 0. The highest BCUT2D eigenvalue weighted by Crippen LogP contribution is 2.30. The van der Waals surface area contributed by atoms with Crippen molar-refractivity contribution in [2.75, 3.05) is 0 Å². The van der Waals surface area contributed by atoms with Crippen molar-refractivity contribution in [2.24, 2.45) is 11.3 Å². The topological polar surface area (TPSA) is 0 Å². The van der Waals surface area contributed by atoms with Gasteiger partial charge in [-0.25, -0.2) is 0 Å². The van der Waals surface area contributed by atoms with Crippen LogP contribution in [0.3, 0.4) is 0 Å². The third-order valence-corrected chi connectivity index (χ3v) is 5.24. The molecule has 0 heterocycles. The first-order chi connectivity index (χ1) is 10.00. The molecular formula is C21H34. The maximum Gasteiger partial charge on any atom is -0.0250 e. The van der Waals surface area contributed by atoms with Crippen molar-refractivity contribution in [3.05, 3.63) is 34.9 Å². The fourth-order valence-electron chi connectivity index (χ4n) is 3.88. The molecule has 0 spiro atoms. The van der Waals surface area contributed by atoms with Crippen molar-refractivity contribution in [1.82, 2.24) is 0 Å². The van der Waals surface area contributed by atoms with E-state index in [-0.39, 0.29) is 0 Å². The monoisotopic (exact) mass is 286 g/mol. The zero-order valence-corrected chi connectivity index (χ0v) is 14.7. The second-order valence-corrected chi connectivity index (χ2v) is 8.07. The molecule has 0 bridgehead atoms. The van der Waals surface area contributed by atoms with Crippen LogP contribution in [0.4, 0.5) is 0 Å². The zero-order valence-electron chi connectivity index (χ0n) is 14.7. The van der Waals surface area contributed by atoms with E-state index in [1.165, 1.54) is 57.8 Å². The first-order valence-corrected chi connectivity index (χ1v) is 9.11. The Bertz CT molecular complexity index is 441. The van der Waals surface area contributed by atoms with Gasteiger partial charge in [0.2, 0.25) is 0 Å². The van der Waals surface area contributed by atoms with Crippen LogP contribution in [-0.2, 0) is 19.3 Å². The molecule has 1 aliphatic rings. The number of hydrogen-bond donors (Lipinski definition) is 0. The molecule has 118 valence electrons. The number of benzene rings is 1. The maximum absolute atomic E-state index is 2.50. The minimum Gasteiger partial charge on any atom is -0.0654 e. The van der Waals surface area contributed by atoms with Crippen molar-refractivity contribution in [1.29, 1.82) is 0 Å². The van der Waals surface area contributed by atoms with E-state index in [2.05, 4.69) is 45.9 Å². The predicted octanol–water partition coefficient (Wildman–Crippen LogP) is 6.35. The summed E-state index contributed by atoms with van der Waals surface area (Å²) in [6.45, 7) is 9.54. The molecular weight excluding hydrogens is 252 g/mol. The molecule has 0 amide bonds. The van der Waals surface area contributed by atoms with Gasteiger partial charge in [-0.3, -0.25) is 0 Å². The van der Waals surface area contributed by atoms with Crippen LogP contribution in [0.5, 0.6) is 0 Å². The first kappa shape index (κ1) is 16.6. The van der Waals surface area contributed by atoms with Crippen LogP contribution < -0.4 is 0 Å². The van der Waals surface area contributed by atoms with E-state index in [4.69, 9.17) is 0 Å². The highest BCUT2D eigenvalue weighted by Gasteiger charge is 2.16. The lowest BCUT2D eigenvalue weighted by Crippen LogP contribution is -2.12. The van der Waals surface area contributed by atoms with Gasteiger partial charge in [-0.15, -0.1) is 0 Å². The van der Waals surface area contributed by atoms with E-state index in [9.17, 15) is 0 Å². The molecule has 0 aliphatic heterocycles. The van der Waals surface area contributed by atoms with Crippen LogP contribution in [0.1, 0.15) is 82.9 Å². The van der Waals surface area contributed by atoms with Crippen molar-refractivity contribution in [3.8, 4) is 0 Å². The van der Waals surface area contributed by atoms with E-state index in [0.29, 0.717) is 5.41 Å². The quantitative estimate of drug-likeness (QED) is 0.512. The second kappa shape index (κ2) is 7.47. The van der Waals surface area contributed by atoms with E-state index >= 15 is 0 Å². The third-order valence-electron chi connectivity index (χ3n) is 5.24. The Hall–Kier alpha value is -0.780. The molecule has 0 N–H and O–H groups in total. The van der Waals surface area contributed by atoms with E-state index in [1.807, 2.05) is 0 Å². The third kappa shape index (κ3) is 5.16. The second-order valence-electron chi connectivity index (χ2n) is 8.07. The summed E-state index contributed by atoms with van der Waals surface area (Å²) >= 11 is 0. The molecule has 2 rings (SSSR count). The molecule has 1 unspecified atom stereocenters. The van der Waals surface area contributed by atoms with Gasteiger partial charge < -0.3 is 0 Å². The lowest BCUT2D eigenvalue weighted by Gasteiger charge is -2.24. The Morgan fingerprint density at radius 2 is 1.90 bits per heavy atom. The van der Waals surface area contributed by atoms with Crippen molar-refractivity contribution in [3.63, 3.8) is 0 Å². The Labute approximate surface area is 132 Å². The molecule has 1 atom stereocenters. The van der Waals surface area contributed by atoms with E-state index in [0.717, 1.165) is 5.92 Å². The fourth-order valence-corrected chi connectivity index (χ4v) is 3.88. The van der Waals surface area contributed by atoms with Gasteiger partial charge in [-0.2, -0.15) is 0 Å². The summed E-state index contributed by atoms with van der Waals surface area (Å²) in [7, 11) is 0. The lowest BCUT2D eigenvalue weighted by atomic mass is 9.82. The Morgan fingerprint density at radius 3 is 2.67 bits per heavy atom. The van der Waals surface area contributed by atoms with Gasteiger partial charge in [0.25, 0.3) is 0 Å². The Morgan fingerprint density at radius 1 is 1.10 bits per heavy atom. The first-order valence-electron chi connectivity index (χ1n) is 9.11. The molecule has 1 aromatic carbocycles. The smallest absolute Gasteiger partial charge is 0.0250 e. The number of fused-ring (bicyclic) bond motifs is 1. The number of rotatable bonds is 7. The summed E-state index contributed by atoms with van der Waals surface area (Å²) in [6.07, 6.45) is 12.0. The summed E-state index contributed by atoms with van der Waals surface area (Å²) in [5.41, 5.74) is 5.36. The zero-order chi connectivity index (χ0) is 15.3. The van der Waals surface area contributed by atoms with Crippen LogP contribution in [0.25, 0.3) is 0 Å². The summed E-state index contributed by atoms with van der Waals surface area (Å²) in [6, 6.07) is 7.29. The van der Waals surface area contributed by atoms with Gasteiger partial charge in [0, 0.05) is 0 Å². The van der Waals surface area contributed by atoms with Gasteiger partial charge >= 0.3 is 0 Å². The molecule has 1 aromatic rings. The minimum absolute atomic E-state index is 0.542. The van der Waals surface area contributed by atoms with Gasteiger partial charge in [0.15, 0.2) is 0 Å². The van der Waals surface area contributed by atoms with E-state index < -0.39 is 0 Å². The molecule has 0 saturated heterocycles. The normalized spacial score (nSPS) is 18.6. The lowest BCUT2D eigenvalue weighted by molar-refractivity contribution is 0.293. The summed E-state index contributed by atoms with van der Waals surface area (Å²) in [4.78, 5) is 0. The molecule has 0 fully saturated rings. The molecule has 0 aromatic heterocycles. The minimum atomic E-state index is 0.542. The maximum atomic E-state index is 2.50. The molecule has 0 heteroatoms. The highest BCUT2D eigenvalue weighted by atomic mass is 14.2. The Balaban J connectivity index is 1.79. The van der Waals surface area contributed by atoms with Crippen molar-refractivity contribution in [2.45, 2.75) is 85.5 Å². The fraction of sp³-hybridized carbons (Fsp3) is 0.714. The SMILES string of the molecule is CCCC(C)(C)CCCCc1ccc2c(c1)CCC(C)C2. The van der Waals surface area contributed by atoms with Crippen LogP contribution in [0.15, 0.2) is 18.2 Å². The van der Waals surface area contributed by atoms with E-state index in [1.54, 1.807) is 16.7 Å². The highest BCUT2D eigenvalue weighted by molar-refractivity contribution is 5.34.